The summed E-state index contributed by atoms with van der Waals surface area (Å²) in [4.78, 5) is 5.01. The first-order valence-corrected chi connectivity index (χ1v) is 7.22. The van der Waals surface area contributed by atoms with Gasteiger partial charge in [-0.05, 0) is 12.1 Å². The fourth-order valence-corrected chi connectivity index (χ4v) is 3.13. The molecule has 102 valence electrons. The number of halogens is 4. The van der Waals surface area contributed by atoms with Crippen LogP contribution in [0.5, 0.6) is 0 Å². The second-order valence-electron chi connectivity index (χ2n) is 3.76. The van der Waals surface area contributed by atoms with Gasteiger partial charge in [0.05, 0.1) is 22.7 Å². The molecular formula is C12H9BrF3NOS. The molecule has 2 rings (SSSR count). The van der Waals surface area contributed by atoms with Gasteiger partial charge in [-0.2, -0.15) is 13.2 Å². The van der Waals surface area contributed by atoms with Crippen molar-refractivity contribution in [2.24, 2.45) is 0 Å². The summed E-state index contributed by atoms with van der Waals surface area (Å²) in [6.45, 7) is -0.126. The maximum atomic E-state index is 12.4. The van der Waals surface area contributed by atoms with Crippen molar-refractivity contribution in [1.82, 2.24) is 4.98 Å². The number of thiazole rings is 1. The Morgan fingerprint density at radius 3 is 2.26 bits per heavy atom. The molecule has 0 spiro atoms. The topological polar surface area (TPSA) is 33.1 Å². The highest BCUT2D eigenvalue weighted by molar-refractivity contribution is 9.08. The predicted octanol–water partition coefficient (Wildman–Crippen LogP) is 4.22. The lowest BCUT2D eigenvalue weighted by Gasteiger charge is -2.06. The van der Waals surface area contributed by atoms with Gasteiger partial charge in [0.25, 0.3) is 0 Å². The van der Waals surface area contributed by atoms with E-state index in [4.69, 9.17) is 5.11 Å². The van der Waals surface area contributed by atoms with Crippen molar-refractivity contribution in [1.29, 1.82) is 0 Å². The average molecular weight is 352 g/mol. The lowest BCUT2D eigenvalue weighted by atomic mass is 10.1. The Bertz CT molecular complexity index is 544. The molecule has 2 nitrogen and oxygen atoms in total. The van der Waals surface area contributed by atoms with Crippen LogP contribution in [0.4, 0.5) is 13.2 Å². The highest BCUT2D eigenvalue weighted by Crippen LogP contribution is 2.33. The second-order valence-corrected chi connectivity index (χ2v) is 5.40. The van der Waals surface area contributed by atoms with Crippen LogP contribution in [-0.2, 0) is 18.1 Å². The summed E-state index contributed by atoms with van der Waals surface area (Å²) in [5, 5.41) is 10.3. The molecule has 0 saturated carbocycles. The highest BCUT2D eigenvalue weighted by Gasteiger charge is 2.30. The van der Waals surface area contributed by atoms with Crippen LogP contribution in [0.25, 0.3) is 10.6 Å². The minimum absolute atomic E-state index is 0.126. The molecule has 1 N–H and O–H groups in total. The molecule has 0 saturated heterocycles. The van der Waals surface area contributed by atoms with Crippen molar-refractivity contribution in [3.63, 3.8) is 0 Å². The maximum Gasteiger partial charge on any atom is 0.416 e. The number of aliphatic hydroxyl groups excluding tert-OH is 1. The van der Waals surface area contributed by atoms with Gasteiger partial charge in [-0.1, -0.05) is 28.1 Å². The summed E-state index contributed by atoms with van der Waals surface area (Å²) in [5.41, 5.74) is 0.637. The Hall–Kier alpha value is -0.920. The highest BCUT2D eigenvalue weighted by atomic mass is 79.9. The molecule has 7 heteroatoms. The molecule has 0 unspecified atom stereocenters. The minimum atomic E-state index is -4.33. The van der Waals surface area contributed by atoms with Crippen molar-refractivity contribution < 1.29 is 18.3 Å². The van der Waals surface area contributed by atoms with E-state index in [1.165, 1.54) is 23.5 Å². The first kappa shape index (κ1) is 14.5. The molecular weight excluding hydrogens is 343 g/mol. The van der Waals surface area contributed by atoms with Crippen LogP contribution in [0.3, 0.4) is 0 Å². The van der Waals surface area contributed by atoms with Crippen molar-refractivity contribution in [3.05, 3.63) is 40.4 Å². The van der Waals surface area contributed by atoms with Crippen LogP contribution in [-0.4, -0.2) is 10.1 Å². The second kappa shape index (κ2) is 5.60. The number of nitrogens with zero attached hydrogens (tertiary/aromatic N) is 1. The fourth-order valence-electron chi connectivity index (χ4n) is 1.54. The Morgan fingerprint density at radius 1 is 1.21 bits per heavy atom. The van der Waals surface area contributed by atoms with Crippen molar-refractivity contribution >= 4 is 27.3 Å². The van der Waals surface area contributed by atoms with E-state index in [1.54, 1.807) is 0 Å². The van der Waals surface area contributed by atoms with Crippen LogP contribution in [0, 0.1) is 0 Å². The van der Waals surface area contributed by atoms with Crippen LogP contribution in [0.15, 0.2) is 24.3 Å². The third-order valence-corrected chi connectivity index (χ3v) is 4.17. The van der Waals surface area contributed by atoms with E-state index in [1.807, 2.05) is 0 Å². The van der Waals surface area contributed by atoms with Crippen LogP contribution < -0.4 is 0 Å². The van der Waals surface area contributed by atoms with E-state index in [-0.39, 0.29) is 6.61 Å². The smallest absolute Gasteiger partial charge is 0.391 e. The van der Waals surface area contributed by atoms with E-state index in [0.717, 1.165) is 12.1 Å². The van der Waals surface area contributed by atoms with Gasteiger partial charge in [-0.25, -0.2) is 4.98 Å². The van der Waals surface area contributed by atoms with Gasteiger partial charge >= 0.3 is 6.18 Å². The normalized spacial score (nSPS) is 11.8. The Balaban J connectivity index is 2.34. The molecule has 19 heavy (non-hydrogen) atoms. The number of hydrogen-bond acceptors (Lipinski definition) is 3. The number of hydrogen-bond donors (Lipinski definition) is 1. The predicted molar refractivity (Wildman–Crippen MR) is 71.1 cm³/mol. The van der Waals surface area contributed by atoms with Gasteiger partial charge in [0.2, 0.25) is 0 Å². The Kier molecular flexibility index (Phi) is 4.27. The molecule has 2 aromatic rings. The van der Waals surface area contributed by atoms with Gasteiger partial charge in [-0.15, -0.1) is 11.3 Å². The van der Waals surface area contributed by atoms with Gasteiger partial charge in [0.15, 0.2) is 0 Å². The molecule has 1 aromatic heterocycles. The molecule has 0 atom stereocenters. The van der Waals surface area contributed by atoms with E-state index >= 15 is 0 Å². The summed E-state index contributed by atoms with van der Waals surface area (Å²) < 4.78 is 37.3. The van der Waals surface area contributed by atoms with Gasteiger partial charge in [0, 0.05) is 10.9 Å². The first-order chi connectivity index (χ1) is 8.95. The zero-order valence-electron chi connectivity index (χ0n) is 9.54. The first-order valence-electron chi connectivity index (χ1n) is 5.28. The molecule has 1 heterocycles. The summed E-state index contributed by atoms with van der Waals surface area (Å²) in [6, 6.07) is 4.84. The van der Waals surface area contributed by atoms with E-state index in [9.17, 15) is 13.2 Å². The SMILES string of the molecule is OCc1sc(-c2ccc(C(F)(F)F)cc2)nc1CBr. The van der Waals surface area contributed by atoms with Gasteiger partial charge in [0.1, 0.15) is 5.01 Å². The van der Waals surface area contributed by atoms with Gasteiger partial charge in [-0.3, -0.25) is 0 Å². The standard InChI is InChI=1S/C12H9BrF3NOS/c13-5-9-10(6-18)19-11(17-9)7-1-3-8(4-2-7)12(14,15)16/h1-4,18H,5-6H2. The van der Waals surface area contributed by atoms with E-state index < -0.39 is 11.7 Å². The largest absolute Gasteiger partial charge is 0.416 e. The molecule has 0 radical (unpaired) electrons. The third-order valence-electron chi connectivity index (χ3n) is 2.51. The molecule has 0 amide bonds. The molecule has 1 aromatic carbocycles. The molecule has 0 aliphatic carbocycles. The summed E-state index contributed by atoms with van der Waals surface area (Å²) in [5.74, 6) is 0. The lowest BCUT2D eigenvalue weighted by Crippen LogP contribution is -2.03. The van der Waals surface area contributed by atoms with E-state index in [2.05, 4.69) is 20.9 Å². The van der Waals surface area contributed by atoms with Crippen molar-refractivity contribution in [3.8, 4) is 10.6 Å². The number of aliphatic hydroxyl groups is 1. The van der Waals surface area contributed by atoms with Gasteiger partial charge < -0.3 is 5.11 Å². The maximum absolute atomic E-state index is 12.4. The van der Waals surface area contributed by atoms with Crippen molar-refractivity contribution in [2.45, 2.75) is 18.1 Å². The zero-order chi connectivity index (χ0) is 14.0. The Labute approximate surface area is 120 Å². The zero-order valence-corrected chi connectivity index (χ0v) is 11.9. The van der Waals surface area contributed by atoms with Crippen LogP contribution in [0.1, 0.15) is 16.1 Å². The number of rotatable bonds is 3. The number of aromatic nitrogens is 1. The lowest BCUT2D eigenvalue weighted by molar-refractivity contribution is -0.137. The quantitative estimate of drug-likeness (QED) is 0.840. The molecule has 0 bridgehead atoms. The monoisotopic (exact) mass is 351 g/mol. The minimum Gasteiger partial charge on any atom is -0.391 e. The molecule has 0 fully saturated rings. The Morgan fingerprint density at radius 2 is 1.84 bits per heavy atom. The molecule has 0 aliphatic rings. The number of benzene rings is 1. The molecule has 0 aliphatic heterocycles. The fraction of sp³-hybridized carbons (Fsp3) is 0.250. The number of alkyl halides is 4. The van der Waals surface area contributed by atoms with Crippen LogP contribution in [0.2, 0.25) is 0 Å². The average Bonchev–Trinajstić information content (AvgIpc) is 2.81. The van der Waals surface area contributed by atoms with E-state index in [0.29, 0.717) is 26.5 Å². The summed E-state index contributed by atoms with van der Waals surface area (Å²) in [6.07, 6.45) is -4.33. The third kappa shape index (κ3) is 3.16. The summed E-state index contributed by atoms with van der Waals surface area (Å²) >= 11 is 4.54. The summed E-state index contributed by atoms with van der Waals surface area (Å²) in [7, 11) is 0. The van der Waals surface area contributed by atoms with Crippen LogP contribution >= 0.6 is 27.3 Å². The van der Waals surface area contributed by atoms with Crippen molar-refractivity contribution in [2.75, 3.05) is 0 Å².